The maximum absolute atomic E-state index is 12.9. The Morgan fingerprint density at radius 3 is 2.65 bits per heavy atom. The van der Waals surface area contributed by atoms with Crippen LogP contribution in [0.15, 0.2) is 54.6 Å². The lowest BCUT2D eigenvalue weighted by molar-refractivity contribution is 0.0992. The van der Waals surface area contributed by atoms with Gasteiger partial charge in [0.05, 0.1) is 27.7 Å². The fraction of sp³-hybridized carbons (Fsp3) is 0.115. The average Bonchev–Trinajstić information content (AvgIpc) is 3.50. The molecule has 6 rings (SSSR count). The van der Waals surface area contributed by atoms with Crippen LogP contribution in [0.2, 0.25) is 5.02 Å². The van der Waals surface area contributed by atoms with E-state index in [4.69, 9.17) is 32.5 Å². The second-order valence-corrected chi connectivity index (χ2v) is 8.90. The van der Waals surface area contributed by atoms with Gasteiger partial charge in [-0.3, -0.25) is 9.59 Å². The normalized spacial score (nSPS) is 12.8. The molecule has 0 radical (unpaired) electrons. The molecule has 0 saturated carbocycles. The average molecular weight is 538 g/mol. The van der Waals surface area contributed by atoms with Crippen molar-refractivity contribution in [2.24, 2.45) is 5.73 Å². The SMILES string of the molecule is Cl.NC(=O)c1nn(-c2ccc3c(c2)OCO3)c2c1CCc1ccc(NC(=O)c3cccc(N)c3Cl)cc1-2. The van der Waals surface area contributed by atoms with E-state index in [0.29, 0.717) is 41.4 Å². The van der Waals surface area contributed by atoms with E-state index in [-0.39, 0.29) is 41.4 Å². The number of nitrogens with one attached hydrogen (secondary N) is 1. The highest BCUT2D eigenvalue weighted by Gasteiger charge is 2.29. The molecule has 2 amide bonds. The number of benzene rings is 3. The summed E-state index contributed by atoms with van der Waals surface area (Å²) in [6.45, 7) is 0.144. The van der Waals surface area contributed by atoms with Gasteiger partial charge < -0.3 is 26.3 Å². The molecule has 0 unspecified atom stereocenters. The predicted molar refractivity (Wildman–Crippen MR) is 142 cm³/mol. The maximum Gasteiger partial charge on any atom is 0.269 e. The van der Waals surface area contributed by atoms with Gasteiger partial charge in [-0.1, -0.05) is 23.7 Å². The second kappa shape index (κ2) is 9.34. The van der Waals surface area contributed by atoms with Crippen molar-refractivity contribution >= 4 is 47.2 Å². The van der Waals surface area contributed by atoms with E-state index in [2.05, 4.69) is 10.4 Å². The van der Waals surface area contributed by atoms with Gasteiger partial charge in [-0.25, -0.2) is 4.68 Å². The Bertz CT molecular complexity index is 1580. The van der Waals surface area contributed by atoms with Crippen molar-refractivity contribution in [1.82, 2.24) is 9.78 Å². The number of carbonyl (C=O) groups excluding carboxylic acids is 2. The molecule has 1 aliphatic carbocycles. The number of nitrogens with two attached hydrogens (primary N) is 2. The highest BCUT2D eigenvalue weighted by atomic mass is 35.5. The third-order valence-corrected chi connectivity index (χ3v) is 6.78. The number of aromatic nitrogens is 2. The summed E-state index contributed by atoms with van der Waals surface area (Å²) in [5.74, 6) is 0.245. The molecule has 0 saturated heterocycles. The van der Waals surface area contributed by atoms with Crippen LogP contribution in [0.25, 0.3) is 16.9 Å². The first-order valence-corrected chi connectivity index (χ1v) is 11.6. The molecule has 0 atom stereocenters. The lowest BCUT2D eigenvalue weighted by atomic mass is 9.88. The molecular weight excluding hydrogens is 517 g/mol. The van der Waals surface area contributed by atoms with Crippen molar-refractivity contribution in [1.29, 1.82) is 0 Å². The quantitative estimate of drug-likeness (QED) is 0.330. The molecule has 2 heterocycles. The Kier molecular flexibility index (Phi) is 6.18. The molecule has 1 aromatic heterocycles. The molecule has 2 aliphatic rings. The van der Waals surface area contributed by atoms with Gasteiger partial charge in [0.1, 0.15) is 0 Å². The van der Waals surface area contributed by atoms with Crippen LogP contribution in [0.1, 0.15) is 32.0 Å². The van der Waals surface area contributed by atoms with E-state index in [1.54, 1.807) is 28.9 Å². The monoisotopic (exact) mass is 537 g/mol. The maximum atomic E-state index is 12.9. The molecule has 0 spiro atoms. The number of hydrogen-bond donors (Lipinski definition) is 3. The minimum absolute atomic E-state index is 0. The third kappa shape index (κ3) is 4.12. The fourth-order valence-corrected chi connectivity index (χ4v) is 4.85. The molecule has 3 aromatic carbocycles. The largest absolute Gasteiger partial charge is 0.454 e. The zero-order chi connectivity index (χ0) is 25.0. The third-order valence-electron chi connectivity index (χ3n) is 6.36. The van der Waals surface area contributed by atoms with E-state index in [1.165, 1.54) is 0 Å². The minimum atomic E-state index is -0.602. The summed E-state index contributed by atoms with van der Waals surface area (Å²) in [6.07, 6.45) is 1.31. The van der Waals surface area contributed by atoms with Crippen LogP contribution >= 0.6 is 24.0 Å². The number of halogens is 2. The van der Waals surface area contributed by atoms with Crippen molar-refractivity contribution < 1.29 is 19.1 Å². The molecule has 11 heteroatoms. The number of hydrogen-bond acceptors (Lipinski definition) is 6. The van der Waals surface area contributed by atoms with Crippen LogP contribution in [0, 0.1) is 0 Å². The van der Waals surface area contributed by atoms with Crippen molar-refractivity contribution in [3.63, 3.8) is 0 Å². The summed E-state index contributed by atoms with van der Waals surface area (Å²) in [7, 11) is 0. The fourth-order valence-electron chi connectivity index (χ4n) is 4.64. The molecule has 9 nitrogen and oxygen atoms in total. The highest BCUT2D eigenvalue weighted by molar-refractivity contribution is 6.36. The van der Waals surface area contributed by atoms with Crippen molar-refractivity contribution in [2.45, 2.75) is 12.8 Å². The lowest BCUT2D eigenvalue weighted by Gasteiger charge is -2.20. The number of amides is 2. The Hall–Kier alpha value is -4.21. The smallest absolute Gasteiger partial charge is 0.269 e. The number of aryl methyl sites for hydroxylation is 1. The number of rotatable bonds is 4. The Labute approximate surface area is 222 Å². The summed E-state index contributed by atoms with van der Waals surface area (Å²) >= 11 is 6.24. The van der Waals surface area contributed by atoms with Gasteiger partial charge in [-0.05, 0) is 54.8 Å². The van der Waals surface area contributed by atoms with Crippen LogP contribution in [-0.2, 0) is 12.8 Å². The standard InChI is InChI=1S/C26H20ClN5O4.ClH/c27-22-16(2-1-3-19(22)28)26(34)30-14-6-4-13-5-8-17-23(25(29)33)31-32(24(17)18(13)10-14)15-7-9-20-21(11-15)36-12-35-20;/h1-4,6-7,9-11H,5,8,12,28H2,(H2,29,33)(H,30,34);1H. The summed E-state index contributed by atoms with van der Waals surface area (Å²) in [4.78, 5) is 25.2. The van der Waals surface area contributed by atoms with E-state index in [0.717, 1.165) is 22.4 Å². The van der Waals surface area contributed by atoms with E-state index < -0.39 is 5.91 Å². The van der Waals surface area contributed by atoms with Crippen molar-refractivity contribution in [2.75, 3.05) is 17.8 Å². The van der Waals surface area contributed by atoms with Crippen LogP contribution in [0.3, 0.4) is 0 Å². The van der Waals surface area contributed by atoms with E-state index in [1.807, 2.05) is 30.3 Å². The topological polar surface area (TPSA) is 134 Å². The van der Waals surface area contributed by atoms with E-state index >= 15 is 0 Å². The molecule has 5 N–H and O–H groups in total. The van der Waals surface area contributed by atoms with Gasteiger partial charge in [0.15, 0.2) is 17.2 Å². The van der Waals surface area contributed by atoms with Crippen LogP contribution in [0.5, 0.6) is 11.5 Å². The molecule has 0 fully saturated rings. The molecular formula is C26H21Cl2N5O4. The first-order chi connectivity index (χ1) is 17.4. The first-order valence-electron chi connectivity index (χ1n) is 11.2. The van der Waals surface area contributed by atoms with Gasteiger partial charge in [-0.15, -0.1) is 12.4 Å². The number of fused-ring (bicyclic) bond motifs is 4. The summed E-state index contributed by atoms with van der Waals surface area (Å²) < 4.78 is 12.6. The molecule has 1 aliphatic heterocycles. The molecule has 4 aromatic rings. The van der Waals surface area contributed by atoms with Crippen LogP contribution < -0.4 is 26.3 Å². The minimum Gasteiger partial charge on any atom is -0.454 e. The van der Waals surface area contributed by atoms with Crippen LogP contribution in [0.4, 0.5) is 11.4 Å². The summed E-state index contributed by atoms with van der Waals surface area (Å²) in [5.41, 5.74) is 17.0. The molecule has 0 bridgehead atoms. The van der Waals surface area contributed by atoms with Gasteiger partial charge in [0.2, 0.25) is 6.79 Å². The van der Waals surface area contributed by atoms with Gasteiger partial charge >= 0.3 is 0 Å². The number of ether oxygens (including phenoxy) is 2. The van der Waals surface area contributed by atoms with Crippen molar-refractivity contribution in [3.8, 4) is 28.4 Å². The number of anilines is 2. The number of primary amides is 1. The number of carbonyl (C=O) groups is 2. The zero-order valence-electron chi connectivity index (χ0n) is 19.3. The van der Waals surface area contributed by atoms with Crippen molar-refractivity contribution in [3.05, 3.63) is 82.0 Å². The second-order valence-electron chi connectivity index (χ2n) is 8.52. The van der Waals surface area contributed by atoms with Gasteiger partial charge in [0, 0.05) is 22.9 Å². The van der Waals surface area contributed by atoms with Crippen LogP contribution in [-0.4, -0.2) is 28.4 Å². The summed E-state index contributed by atoms with van der Waals surface area (Å²) in [5, 5.41) is 7.66. The van der Waals surface area contributed by atoms with Gasteiger partial charge in [-0.2, -0.15) is 5.10 Å². The number of nitrogen functional groups attached to an aromatic ring is 1. The molecule has 37 heavy (non-hydrogen) atoms. The first kappa shape index (κ1) is 24.5. The Morgan fingerprint density at radius 2 is 1.84 bits per heavy atom. The lowest BCUT2D eigenvalue weighted by Crippen LogP contribution is -2.16. The Balaban J connectivity index is 0.00000280. The molecule has 188 valence electrons. The summed E-state index contributed by atoms with van der Waals surface area (Å²) in [6, 6.07) is 16.0. The van der Waals surface area contributed by atoms with Gasteiger partial charge in [0.25, 0.3) is 11.8 Å². The zero-order valence-corrected chi connectivity index (χ0v) is 20.9. The van der Waals surface area contributed by atoms with E-state index in [9.17, 15) is 9.59 Å². The Morgan fingerprint density at radius 1 is 1.03 bits per heavy atom. The number of nitrogens with zero attached hydrogens (tertiary/aromatic N) is 2. The highest BCUT2D eigenvalue weighted by Crippen LogP contribution is 2.40. The predicted octanol–water partition coefficient (Wildman–Crippen LogP) is 4.38.